The third-order valence-electron chi connectivity index (χ3n) is 2.60. The predicted octanol–water partition coefficient (Wildman–Crippen LogP) is -0.906. The van der Waals surface area contributed by atoms with Crippen molar-refractivity contribution in [1.82, 2.24) is 13.9 Å². The maximum Gasteiger partial charge on any atom is 0.304 e. The lowest BCUT2D eigenvalue weighted by Crippen LogP contribution is -2.49. The lowest BCUT2D eigenvalue weighted by molar-refractivity contribution is -0.137. The van der Waals surface area contributed by atoms with Gasteiger partial charge in [0.25, 0.3) is 10.2 Å². The second kappa shape index (κ2) is 7.41. The summed E-state index contributed by atoms with van der Waals surface area (Å²) < 4.78 is 26.7. The van der Waals surface area contributed by atoms with Crippen LogP contribution in [-0.2, 0) is 19.8 Å². The number of hydrogen-bond acceptors (Lipinski definition) is 4. The predicted molar refractivity (Wildman–Crippen MR) is 69.7 cm³/mol. The normalized spacial score (nSPS) is 13.3. The molecule has 1 amide bonds. The SMILES string of the molecule is CCN(C)C(=O)C(C)NS(=O)(=O)N(C)CCC(=O)O. The molecule has 19 heavy (non-hydrogen) atoms. The fraction of sp³-hybridized carbons (Fsp3) is 0.800. The second-order valence-corrected chi connectivity index (χ2v) is 5.97. The largest absolute Gasteiger partial charge is 0.481 e. The van der Waals surface area contributed by atoms with Crippen molar-refractivity contribution in [1.29, 1.82) is 0 Å². The van der Waals surface area contributed by atoms with Crippen LogP contribution in [0.3, 0.4) is 0 Å². The molecule has 1 unspecified atom stereocenters. The fourth-order valence-corrected chi connectivity index (χ4v) is 2.28. The summed E-state index contributed by atoms with van der Waals surface area (Å²) in [5, 5.41) is 8.50. The monoisotopic (exact) mass is 295 g/mol. The minimum absolute atomic E-state index is 0.158. The topological polar surface area (TPSA) is 107 Å². The molecule has 0 aliphatic carbocycles. The minimum Gasteiger partial charge on any atom is -0.481 e. The first-order valence-electron chi connectivity index (χ1n) is 5.82. The van der Waals surface area contributed by atoms with Crippen LogP contribution in [0.4, 0.5) is 0 Å². The van der Waals surface area contributed by atoms with E-state index in [4.69, 9.17) is 5.11 Å². The Balaban J connectivity index is 4.59. The number of carbonyl (C=O) groups is 2. The van der Waals surface area contributed by atoms with Crippen LogP contribution in [0.1, 0.15) is 20.3 Å². The summed E-state index contributed by atoms with van der Waals surface area (Å²) in [7, 11) is -1.04. The van der Waals surface area contributed by atoms with E-state index in [9.17, 15) is 18.0 Å². The van der Waals surface area contributed by atoms with Crippen LogP contribution < -0.4 is 4.72 Å². The van der Waals surface area contributed by atoms with Gasteiger partial charge in [-0.3, -0.25) is 9.59 Å². The number of carbonyl (C=O) groups excluding carboxylic acids is 1. The molecule has 8 nitrogen and oxygen atoms in total. The smallest absolute Gasteiger partial charge is 0.304 e. The van der Waals surface area contributed by atoms with Gasteiger partial charge in [-0.1, -0.05) is 0 Å². The summed E-state index contributed by atoms with van der Waals surface area (Å²) in [6.45, 7) is 3.53. The van der Waals surface area contributed by atoms with Crippen LogP contribution in [0.2, 0.25) is 0 Å². The molecule has 0 heterocycles. The first kappa shape index (κ1) is 17.8. The Hall–Kier alpha value is -1.19. The van der Waals surface area contributed by atoms with E-state index in [1.165, 1.54) is 18.9 Å². The van der Waals surface area contributed by atoms with Gasteiger partial charge in [0.2, 0.25) is 5.91 Å². The number of aliphatic carboxylic acids is 1. The van der Waals surface area contributed by atoms with Crippen molar-refractivity contribution in [3.63, 3.8) is 0 Å². The zero-order valence-corrected chi connectivity index (χ0v) is 12.4. The number of likely N-dealkylation sites (N-methyl/N-ethyl adjacent to an activating group) is 1. The highest BCUT2D eigenvalue weighted by molar-refractivity contribution is 7.87. The highest BCUT2D eigenvalue weighted by atomic mass is 32.2. The number of nitrogens with zero attached hydrogens (tertiary/aromatic N) is 2. The van der Waals surface area contributed by atoms with Crippen LogP contribution >= 0.6 is 0 Å². The molecule has 0 saturated carbocycles. The maximum absolute atomic E-state index is 11.8. The van der Waals surface area contributed by atoms with Crippen molar-refractivity contribution in [3.05, 3.63) is 0 Å². The summed E-state index contributed by atoms with van der Waals surface area (Å²) in [5.74, 6) is -1.44. The Kier molecular flexibility index (Phi) is 6.95. The molecule has 0 aromatic heterocycles. The van der Waals surface area contributed by atoms with Crippen molar-refractivity contribution < 1.29 is 23.1 Å². The number of carboxylic acid groups (broad SMARTS) is 1. The first-order chi connectivity index (χ1) is 8.61. The van der Waals surface area contributed by atoms with E-state index in [-0.39, 0.29) is 18.9 Å². The van der Waals surface area contributed by atoms with Crippen LogP contribution in [0.5, 0.6) is 0 Å². The third kappa shape index (κ3) is 5.99. The Morgan fingerprint density at radius 1 is 1.32 bits per heavy atom. The minimum atomic E-state index is -3.87. The second-order valence-electron chi connectivity index (χ2n) is 4.16. The lowest BCUT2D eigenvalue weighted by Gasteiger charge is -2.23. The van der Waals surface area contributed by atoms with Gasteiger partial charge in [0.05, 0.1) is 12.5 Å². The van der Waals surface area contributed by atoms with Crippen molar-refractivity contribution in [2.45, 2.75) is 26.3 Å². The molecule has 0 aromatic carbocycles. The van der Waals surface area contributed by atoms with Crippen LogP contribution in [0, 0.1) is 0 Å². The van der Waals surface area contributed by atoms with E-state index >= 15 is 0 Å². The molecule has 9 heteroatoms. The molecule has 0 saturated heterocycles. The summed E-state index contributed by atoms with van der Waals surface area (Å²) >= 11 is 0. The quantitative estimate of drug-likeness (QED) is 0.603. The van der Waals surface area contributed by atoms with E-state index < -0.39 is 22.2 Å². The fourth-order valence-electron chi connectivity index (χ4n) is 1.22. The van der Waals surface area contributed by atoms with Crippen LogP contribution in [-0.4, -0.2) is 67.8 Å². The number of hydrogen-bond donors (Lipinski definition) is 2. The average molecular weight is 295 g/mol. The molecule has 0 rings (SSSR count). The number of amides is 1. The van der Waals surface area contributed by atoms with Crippen LogP contribution in [0.15, 0.2) is 0 Å². The van der Waals surface area contributed by atoms with Gasteiger partial charge < -0.3 is 10.0 Å². The maximum atomic E-state index is 11.8. The zero-order chi connectivity index (χ0) is 15.2. The molecule has 112 valence electrons. The van der Waals surface area contributed by atoms with E-state index in [2.05, 4.69) is 4.72 Å². The average Bonchev–Trinajstić information content (AvgIpc) is 2.32. The molecule has 0 fully saturated rings. The molecule has 0 radical (unpaired) electrons. The number of rotatable bonds is 8. The van der Waals surface area contributed by atoms with E-state index in [0.717, 1.165) is 4.31 Å². The Morgan fingerprint density at radius 3 is 2.26 bits per heavy atom. The summed E-state index contributed by atoms with van der Waals surface area (Å²) in [4.78, 5) is 23.5. The van der Waals surface area contributed by atoms with Crippen molar-refractivity contribution in [2.75, 3.05) is 27.2 Å². The van der Waals surface area contributed by atoms with E-state index in [1.807, 2.05) is 0 Å². The van der Waals surface area contributed by atoms with Crippen LogP contribution in [0.25, 0.3) is 0 Å². The van der Waals surface area contributed by atoms with Gasteiger partial charge in [0.15, 0.2) is 0 Å². The van der Waals surface area contributed by atoms with Gasteiger partial charge in [-0.2, -0.15) is 17.4 Å². The zero-order valence-electron chi connectivity index (χ0n) is 11.6. The first-order valence-corrected chi connectivity index (χ1v) is 7.26. The summed E-state index contributed by atoms with van der Waals surface area (Å²) in [6.07, 6.45) is -0.297. The van der Waals surface area contributed by atoms with Gasteiger partial charge in [0.1, 0.15) is 0 Å². The third-order valence-corrected chi connectivity index (χ3v) is 4.25. The Bertz CT molecular complexity index is 423. The van der Waals surface area contributed by atoms with Crippen molar-refractivity contribution in [3.8, 4) is 0 Å². The Labute approximate surface area is 113 Å². The summed E-state index contributed by atoms with van der Waals surface area (Å²) in [6, 6.07) is -0.901. The van der Waals surface area contributed by atoms with Gasteiger partial charge in [-0.15, -0.1) is 0 Å². The van der Waals surface area contributed by atoms with Crippen molar-refractivity contribution >= 4 is 22.1 Å². The molecule has 0 spiro atoms. The van der Waals surface area contributed by atoms with E-state index in [0.29, 0.717) is 6.54 Å². The molecule has 0 aliphatic heterocycles. The molecule has 0 bridgehead atoms. The molecule has 0 aromatic rings. The molecule has 1 atom stereocenters. The van der Waals surface area contributed by atoms with Gasteiger partial charge >= 0.3 is 5.97 Å². The highest BCUT2D eigenvalue weighted by Gasteiger charge is 2.25. The standard InChI is InChI=1S/C10H21N3O5S/c1-5-12(3)10(16)8(2)11-19(17,18)13(4)7-6-9(14)15/h8,11H,5-7H2,1-4H3,(H,14,15). The lowest BCUT2D eigenvalue weighted by atomic mass is 10.3. The van der Waals surface area contributed by atoms with Gasteiger partial charge in [-0.25, -0.2) is 0 Å². The van der Waals surface area contributed by atoms with E-state index in [1.54, 1.807) is 14.0 Å². The van der Waals surface area contributed by atoms with Gasteiger partial charge in [0, 0.05) is 27.2 Å². The Morgan fingerprint density at radius 2 is 1.84 bits per heavy atom. The van der Waals surface area contributed by atoms with Gasteiger partial charge in [-0.05, 0) is 13.8 Å². The molecular formula is C10H21N3O5S. The number of carboxylic acids is 1. The number of nitrogens with one attached hydrogen (secondary N) is 1. The van der Waals surface area contributed by atoms with Crippen molar-refractivity contribution in [2.24, 2.45) is 0 Å². The highest BCUT2D eigenvalue weighted by Crippen LogP contribution is 2.00. The molecular weight excluding hydrogens is 274 g/mol. The molecule has 0 aliphatic rings. The molecule has 2 N–H and O–H groups in total. The summed E-state index contributed by atoms with van der Waals surface area (Å²) in [5.41, 5.74) is 0.